The Morgan fingerprint density at radius 1 is 1.17 bits per heavy atom. The minimum absolute atomic E-state index is 0.562. The molecule has 0 fully saturated rings. The normalized spacial score (nSPS) is 10.8. The van der Waals surface area contributed by atoms with Crippen LogP contribution in [-0.2, 0) is 0 Å². The molecule has 0 atom stereocenters. The SMILES string of the molecule is Cc1cc(C(C)C)cc(N)c1C. The smallest absolute Gasteiger partial charge is 0.0349 e. The van der Waals surface area contributed by atoms with Crippen molar-refractivity contribution < 1.29 is 0 Å². The summed E-state index contributed by atoms with van der Waals surface area (Å²) in [6, 6.07) is 4.30. The summed E-state index contributed by atoms with van der Waals surface area (Å²) in [6.07, 6.45) is 0. The van der Waals surface area contributed by atoms with Gasteiger partial charge in [-0.2, -0.15) is 0 Å². The van der Waals surface area contributed by atoms with E-state index in [0.717, 1.165) is 5.69 Å². The highest BCUT2D eigenvalue weighted by molar-refractivity contribution is 5.52. The second-order valence-electron chi connectivity index (χ2n) is 3.71. The van der Waals surface area contributed by atoms with E-state index >= 15 is 0 Å². The molecule has 12 heavy (non-hydrogen) atoms. The molecule has 1 aromatic rings. The molecule has 0 heterocycles. The van der Waals surface area contributed by atoms with Crippen LogP contribution in [0.5, 0.6) is 0 Å². The molecule has 0 radical (unpaired) electrons. The summed E-state index contributed by atoms with van der Waals surface area (Å²) in [5.74, 6) is 0.562. The fraction of sp³-hybridized carbons (Fsp3) is 0.455. The van der Waals surface area contributed by atoms with Gasteiger partial charge in [0, 0.05) is 5.69 Å². The van der Waals surface area contributed by atoms with Gasteiger partial charge in [0.1, 0.15) is 0 Å². The summed E-state index contributed by atoms with van der Waals surface area (Å²) >= 11 is 0. The molecule has 1 aromatic carbocycles. The predicted octanol–water partition coefficient (Wildman–Crippen LogP) is 3.01. The standard InChI is InChI=1S/C11H17N/c1-7(2)10-5-8(3)9(4)11(12)6-10/h5-7H,12H2,1-4H3. The van der Waals surface area contributed by atoms with Crippen molar-refractivity contribution in [2.24, 2.45) is 0 Å². The maximum absolute atomic E-state index is 5.86. The highest BCUT2D eigenvalue weighted by Gasteiger charge is 2.03. The van der Waals surface area contributed by atoms with Crippen molar-refractivity contribution in [1.29, 1.82) is 0 Å². The zero-order chi connectivity index (χ0) is 9.30. The number of hydrogen-bond acceptors (Lipinski definition) is 1. The molecule has 0 aliphatic heterocycles. The third-order valence-corrected chi connectivity index (χ3v) is 2.40. The van der Waals surface area contributed by atoms with E-state index in [1.807, 2.05) is 0 Å². The lowest BCUT2D eigenvalue weighted by molar-refractivity contribution is 0.864. The molecule has 1 heteroatoms. The first kappa shape index (κ1) is 9.11. The molecule has 0 saturated carbocycles. The Morgan fingerprint density at radius 3 is 2.17 bits per heavy atom. The van der Waals surface area contributed by atoms with E-state index in [0.29, 0.717) is 5.92 Å². The van der Waals surface area contributed by atoms with Crippen molar-refractivity contribution in [3.8, 4) is 0 Å². The van der Waals surface area contributed by atoms with Crippen LogP contribution >= 0.6 is 0 Å². The molecular formula is C11H17N. The van der Waals surface area contributed by atoms with E-state index in [1.165, 1.54) is 16.7 Å². The van der Waals surface area contributed by atoms with Gasteiger partial charge < -0.3 is 5.73 Å². The number of nitrogen functional groups attached to an aromatic ring is 1. The van der Waals surface area contributed by atoms with E-state index in [9.17, 15) is 0 Å². The molecule has 0 saturated heterocycles. The van der Waals surface area contributed by atoms with Gasteiger partial charge in [-0.1, -0.05) is 19.9 Å². The summed E-state index contributed by atoms with van der Waals surface area (Å²) in [4.78, 5) is 0. The molecule has 0 bridgehead atoms. The van der Waals surface area contributed by atoms with Gasteiger partial charge in [-0.25, -0.2) is 0 Å². The van der Waals surface area contributed by atoms with Gasteiger partial charge >= 0.3 is 0 Å². The molecule has 0 amide bonds. The van der Waals surface area contributed by atoms with Crippen molar-refractivity contribution in [2.45, 2.75) is 33.6 Å². The maximum Gasteiger partial charge on any atom is 0.0349 e. The lowest BCUT2D eigenvalue weighted by Gasteiger charge is -2.10. The van der Waals surface area contributed by atoms with Crippen LogP contribution in [0.15, 0.2) is 12.1 Å². The molecule has 0 aliphatic carbocycles. The average Bonchev–Trinajstić information content (AvgIpc) is 1.99. The van der Waals surface area contributed by atoms with Crippen molar-refractivity contribution in [3.05, 3.63) is 28.8 Å². The number of rotatable bonds is 1. The van der Waals surface area contributed by atoms with Crippen molar-refractivity contribution >= 4 is 5.69 Å². The van der Waals surface area contributed by atoms with Crippen molar-refractivity contribution in [2.75, 3.05) is 5.73 Å². The number of anilines is 1. The number of aryl methyl sites for hydroxylation is 1. The third kappa shape index (κ3) is 1.60. The summed E-state index contributed by atoms with van der Waals surface area (Å²) in [5.41, 5.74) is 10.6. The molecule has 1 nitrogen and oxygen atoms in total. The second kappa shape index (κ2) is 3.18. The Balaban J connectivity index is 3.21. The van der Waals surface area contributed by atoms with Crippen LogP contribution in [0.4, 0.5) is 5.69 Å². The fourth-order valence-corrected chi connectivity index (χ4v) is 1.25. The molecule has 0 unspecified atom stereocenters. The molecule has 0 aromatic heterocycles. The maximum atomic E-state index is 5.86. The summed E-state index contributed by atoms with van der Waals surface area (Å²) < 4.78 is 0. The first-order valence-corrected chi connectivity index (χ1v) is 4.39. The van der Waals surface area contributed by atoms with Gasteiger partial charge in [0.2, 0.25) is 0 Å². The van der Waals surface area contributed by atoms with Crippen molar-refractivity contribution in [1.82, 2.24) is 0 Å². The second-order valence-corrected chi connectivity index (χ2v) is 3.71. The largest absolute Gasteiger partial charge is 0.398 e. The minimum atomic E-state index is 0.562. The average molecular weight is 163 g/mol. The topological polar surface area (TPSA) is 26.0 Å². The van der Waals surface area contributed by atoms with E-state index in [2.05, 4.69) is 39.8 Å². The quantitative estimate of drug-likeness (QED) is 0.633. The van der Waals surface area contributed by atoms with Gasteiger partial charge in [-0.3, -0.25) is 0 Å². The van der Waals surface area contributed by atoms with E-state index in [-0.39, 0.29) is 0 Å². The molecular weight excluding hydrogens is 146 g/mol. The van der Waals surface area contributed by atoms with Crippen LogP contribution < -0.4 is 5.73 Å². The predicted molar refractivity (Wildman–Crippen MR) is 54.4 cm³/mol. The lowest BCUT2D eigenvalue weighted by atomic mass is 9.97. The fourth-order valence-electron chi connectivity index (χ4n) is 1.25. The van der Waals surface area contributed by atoms with Crippen LogP contribution in [0.1, 0.15) is 36.5 Å². The Kier molecular flexibility index (Phi) is 2.41. The van der Waals surface area contributed by atoms with Gasteiger partial charge in [-0.15, -0.1) is 0 Å². The van der Waals surface area contributed by atoms with Gasteiger partial charge in [0.05, 0.1) is 0 Å². The Labute approximate surface area is 74.6 Å². The van der Waals surface area contributed by atoms with Crippen molar-refractivity contribution in [3.63, 3.8) is 0 Å². The van der Waals surface area contributed by atoms with E-state index < -0.39 is 0 Å². The first-order chi connectivity index (χ1) is 5.52. The highest BCUT2D eigenvalue weighted by atomic mass is 14.6. The zero-order valence-corrected chi connectivity index (χ0v) is 8.31. The van der Waals surface area contributed by atoms with Crippen LogP contribution in [0.3, 0.4) is 0 Å². The zero-order valence-electron chi connectivity index (χ0n) is 8.31. The molecule has 66 valence electrons. The number of benzene rings is 1. The van der Waals surface area contributed by atoms with Crippen LogP contribution in [0, 0.1) is 13.8 Å². The lowest BCUT2D eigenvalue weighted by Crippen LogP contribution is -1.96. The van der Waals surface area contributed by atoms with Crippen LogP contribution in [0.2, 0.25) is 0 Å². The first-order valence-electron chi connectivity index (χ1n) is 4.39. The van der Waals surface area contributed by atoms with Crippen LogP contribution in [0.25, 0.3) is 0 Å². The van der Waals surface area contributed by atoms with Crippen LogP contribution in [-0.4, -0.2) is 0 Å². The highest BCUT2D eigenvalue weighted by Crippen LogP contribution is 2.23. The third-order valence-electron chi connectivity index (χ3n) is 2.40. The van der Waals surface area contributed by atoms with E-state index in [4.69, 9.17) is 5.73 Å². The summed E-state index contributed by atoms with van der Waals surface area (Å²) in [7, 11) is 0. The summed E-state index contributed by atoms with van der Waals surface area (Å²) in [6.45, 7) is 8.54. The minimum Gasteiger partial charge on any atom is -0.398 e. The monoisotopic (exact) mass is 163 g/mol. The van der Waals surface area contributed by atoms with Gasteiger partial charge in [-0.05, 0) is 42.5 Å². The number of hydrogen-bond donors (Lipinski definition) is 1. The molecule has 1 rings (SSSR count). The van der Waals surface area contributed by atoms with Gasteiger partial charge in [0.25, 0.3) is 0 Å². The Hall–Kier alpha value is -0.980. The molecule has 0 aliphatic rings. The van der Waals surface area contributed by atoms with Gasteiger partial charge in [0.15, 0.2) is 0 Å². The Bertz CT molecular complexity index is 264. The Morgan fingerprint density at radius 2 is 1.75 bits per heavy atom. The molecule has 0 spiro atoms. The number of nitrogens with two attached hydrogens (primary N) is 1. The summed E-state index contributed by atoms with van der Waals surface area (Å²) in [5, 5.41) is 0. The molecule has 2 N–H and O–H groups in total. The van der Waals surface area contributed by atoms with E-state index in [1.54, 1.807) is 0 Å².